The van der Waals surface area contributed by atoms with E-state index in [1.165, 1.54) is 38.5 Å². The Balaban J connectivity index is 0.000000221. The minimum absolute atomic E-state index is 0.182. The Morgan fingerprint density at radius 1 is 1.20 bits per heavy atom. The van der Waals surface area contributed by atoms with E-state index in [1.807, 2.05) is 0 Å². The van der Waals surface area contributed by atoms with Gasteiger partial charge in [-0.2, -0.15) is 0 Å². The van der Waals surface area contributed by atoms with E-state index in [0.717, 1.165) is 32.2 Å². The molecule has 0 aromatic heterocycles. The van der Waals surface area contributed by atoms with Crippen molar-refractivity contribution in [3.63, 3.8) is 0 Å². The van der Waals surface area contributed by atoms with Crippen molar-refractivity contribution in [2.75, 3.05) is 6.54 Å². The van der Waals surface area contributed by atoms with Crippen molar-refractivity contribution in [3.05, 3.63) is 0 Å². The largest absolute Gasteiger partial charge is 0.370 e. The van der Waals surface area contributed by atoms with E-state index in [9.17, 15) is 9.59 Å². The van der Waals surface area contributed by atoms with E-state index in [4.69, 9.17) is 5.73 Å². The number of hydrogen-bond donors (Lipinski definition) is 2. The number of rotatable bonds is 4. The Labute approximate surface area is 122 Å². The predicted octanol–water partition coefficient (Wildman–Crippen LogP) is 2.90. The molecule has 4 heteroatoms. The van der Waals surface area contributed by atoms with Gasteiger partial charge in [0.05, 0.1) is 0 Å². The second-order valence-corrected chi connectivity index (χ2v) is 6.29. The molecule has 0 bridgehead atoms. The van der Waals surface area contributed by atoms with Crippen molar-refractivity contribution in [1.82, 2.24) is 5.32 Å². The van der Waals surface area contributed by atoms with Gasteiger partial charge in [-0.05, 0) is 24.7 Å². The Bertz CT molecular complexity index is 308. The maximum atomic E-state index is 11.1. The van der Waals surface area contributed by atoms with Crippen LogP contribution in [0.3, 0.4) is 0 Å². The lowest BCUT2D eigenvalue weighted by molar-refractivity contribution is -0.120. The molecule has 1 saturated heterocycles. The monoisotopic (exact) mass is 282 g/mol. The first-order valence-corrected chi connectivity index (χ1v) is 8.13. The molecule has 2 amide bonds. The third-order valence-electron chi connectivity index (χ3n) is 4.39. The standard InChI is InChI=1S/C10H17NO.C6H13NO/c12-9-7-10(8-11-9)5-3-1-2-4-6-10;1-2-3-4-5-6(7)8/h1-8H2,(H,11,12);2-5H2,1H3,(H2,7,8). The van der Waals surface area contributed by atoms with Gasteiger partial charge in [-0.25, -0.2) is 0 Å². The van der Waals surface area contributed by atoms with Crippen LogP contribution in [-0.2, 0) is 9.59 Å². The molecule has 4 nitrogen and oxygen atoms in total. The molecule has 0 aromatic rings. The third-order valence-corrected chi connectivity index (χ3v) is 4.39. The minimum atomic E-state index is -0.182. The number of carbonyl (C=O) groups is 2. The highest BCUT2D eigenvalue weighted by Gasteiger charge is 2.37. The van der Waals surface area contributed by atoms with Crippen LogP contribution in [0.4, 0.5) is 0 Å². The molecule has 2 rings (SSSR count). The van der Waals surface area contributed by atoms with Crippen molar-refractivity contribution in [1.29, 1.82) is 0 Å². The van der Waals surface area contributed by atoms with Crippen molar-refractivity contribution < 1.29 is 9.59 Å². The zero-order chi connectivity index (χ0) is 14.8. The molecule has 0 atom stereocenters. The van der Waals surface area contributed by atoms with Crippen molar-refractivity contribution in [3.8, 4) is 0 Å². The van der Waals surface area contributed by atoms with Crippen LogP contribution in [-0.4, -0.2) is 18.4 Å². The zero-order valence-electron chi connectivity index (χ0n) is 12.9. The molecule has 2 aliphatic rings. The summed E-state index contributed by atoms with van der Waals surface area (Å²) in [4.78, 5) is 21.2. The highest BCUT2D eigenvalue weighted by molar-refractivity contribution is 5.79. The third kappa shape index (κ3) is 6.40. The number of primary amides is 1. The first kappa shape index (κ1) is 17.0. The summed E-state index contributed by atoms with van der Waals surface area (Å²) in [6, 6.07) is 0. The Kier molecular flexibility index (Phi) is 7.63. The summed E-state index contributed by atoms with van der Waals surface area (Å²) in [7, 11) is 0. The van der Waals surface area contributed by atoms with Crippen LogP contribution in [0.2, 0.25) is 0 Å². The molecule has 0 unspecified atom stereocenters. The predicted molar refractivity (Wildman–Crippen MR) is 81.1 cm³/mol. The van der Waals surface area contributed by atoms with E-state index in [1.54, 1.807) is 0 Å². The number of unbranched alkanes of at least 4 members (excludes halogenated alkanes) is 2. The van der Waals surface area contributed by atoms with Gasteiger partial charge in [0.2, 0.25) is 11.8 Å². The normalized spacial score (nSPS) is 20.8. The van der Waals surface area contributed by atoms with Crippen LogP contribution >= 0.6 is 0 Å². The van der Waals surface area contributed by atoms with Gasteiger partial charge in [0, 0.05) is 19.4 Å². The molecule has 1 heterocycles. The fourth-order valence-electron chi connectivity index (χ4n) is 3.13. The Morgan fingerprint density at radius 3 is 2.30 bits per heavy atom. The fourth-order valence-corrected chi connectivity index (χ4v) is 3.13. The van der Waals surface area contributed by atoms with Gasteiger partial charge in [0.25, 0.3) is 0 Å². The van der Waals surface area contributed by atoms with E-state index < -0.39 is 0 Å². The fraction of sp³-hybridized carbons (Fsp3) is 0.875. The lowest BCUT2D eigenvalue weighted by atomic mass is 9.80. The average molecular weight is 282 g/mol. The maximum absolute atomic E-state index is 11.1. The second kappa shape index (κ2) is 8.98. The van der Waals surface area contributed by atoms with Crippen LogP contribution < -0.4 is 11.1 Å². The summed E-state index contributed by atoms with van der Waals surface area (Å²) < 4.78 is 0. The first-order valence-electron chi connectivity index (χ1n) is 8.13. The van der Waals surface area contributed by atoms with E-state index >= 15 is 0 Å². The van der Waals surface area contributed by atoms with Crippen molar-refractivity contribution in [2.24, 2.45) is 11.1 Å². The molecule has 2 fully saturated rings. The number of carbonyl (C=O) groups excluding carboxylic acids is 2. The molecule has 1 aliphatic carbocycles. The summed E-state index contributed by atoms with van der Waals surface area (Å²) in [5, 5.41) is 2.97. The summed E-state index contributed by atoms with van der Waals surface area (Å²) >= 11 is 0. The quantitative estimate of drug-likeness (QED) is 0.778. The molecule has 1 saturated carbocycles. The Morgan fingerprint density at radius 2 is 1.85 bits per heavy atom. The molecular formula is C16H30N2O2. The number of nitrogens with one attached hydrogen (secondary N) is 1. The lowest BCUT2D eigenvalue weighted by Gasteiger charge is -2.24. The second-order valence-electron chi connectivity index (χ2n) is 6.29. The molecular weight excluding hydrogens is 252 g/mol. The van der Waals surface area contributed by atoms with E-state index in [2.05, 4.69) is 12.2 Å². The average Bonchev–Trinajstić information content (AvgIpc) is 2.61. The first-order chi connectivity index (χ1) is 9.58. The van der Waals surface area contributed by atoms with Crippen LogP contribution in [0.5, 0.6) is 0 Å². The molecule has 1 aliphatic heterocycles. The number of hydrogen-bond acceptors (Lipinski definition) is 2. The topological polar surface area (TPSA) is 72.2 Å². The van der Waals surface area contributed by atoms with Crippen LogP contribution in [0.1, 0.15) is 77.6 Å². The highest BCUT2D eigenvalue weighted by Crippen LogP contribution is 2.39. The number of nitrogens with two attached hydrogens (primary N) is 1. The number of amides is 2. The van der Waals surface area contributed by atoms with Crippen molar-refractivity contribution >= 4 is 11.8 Å². The molecule has 0 aromatic carbocycles. The molecule has 1 spiro atoms. The summed E-state index contributed by atoms with van der Waals surface area (Å²) in [6.45, 7) is 3.05. The molecule has 3 N–H and O–H groups in total. The molecule has 20 heavy (non-hydrogen) atoms. The lowest BCUT2D eigenvalue weighted by Crippen LogP contribution is -2.23. The summed E-state index contributed by atoms with van der Waals surface area (Å²) in [5.74, 6) is 0.0929. The van der Waals surface area contributed by atoms with Gasteiger partial charge in [-0.15, -0.1) is 0 Å². The van der Waals surface area contributed by atoms with Gasteiger partial charge in [-0.3, -0.25) is 9.59 Å². The van der Waals surface area contributed by atoms with Crippen LogP contribution in [0.15, 0.2) is 0 Å². The summed E-state index contributed by atoms with van der Waals surface area (Å²) in [5.41, 5.74) is 5.26. The highest BCUT2D eigenvalue weighted by atomic mass is 16.2. The summed E-state index contributed by atoms with van der Waals surface area (Å²) in [6.07, 6.45) is 12.5. The Hall–Kier alpha value is -1.06. The van der Waals surface area contributed by atoms with Crippen molar-refractivity contribution in [2.45, 2.75) is 77.6 Å². The molecule has 0 radical (unpaired) electrons. The van der Waals surface area contributed by atoms with Gasteiger partial charge in [0.1, 0.15) is 0 Å². The van der Waals surface area contributed by atoms with E-state index in [-0.39, 0.29) is 11.8 Å². The van der Waals surface area contributed by atoms with Gasteiger partial charge in [-0.1, -0.05) is 45.4 Å². The van der Waals surface area contributed by atoms with Gasteiger partial charge >= 0.3 is 0 Å². The molecule has 116 valence electrons. The van der Waals surface area contributed by atoms with Crippen LogP contribution in [0, 0.1) is 5.41 Å². The maximum Gasteiger partial charge on any atom is 0.220 e. The van der Waals surface area contributed by atoms with Crippen LogP contribution in [0.25, 0.3) is 0 Å². The smallest absolute Gasteiger partial charge is 0.220 e. The zero-order valence-corrected chi connectivity index (χ0v) is 12.9. The minimum Gasteiger partial charge on any atom is -0.370 e. The van der Waals surface area contributed by atoms with Gasteiger partial charge < -0.3 is 11.1 Å². The van der Waals surface area contributed by atoms with Gasteiger partial charge in [0.15, 0.2) is 0 Å². The SMILES string of the molecule is CCCCCC(N)=O.O=C1CC2(CCCCCC2)CN1. The van der Waals surface area contributed by atoms with E-state index in [0.29, 0.717) is 11.8 Å².